The number of benzene rings is 1. The molecule has 1 saturated heterocycles. The van der Waals surface area contributed by atoms with Crippen LogP contribution >= 0.6 is 11.6 Å². The molecular weight excluding hydrogens is 343 g/mol. The van der Waals surface area contributed by atoms with Gasteiger partial charge in [-0.05, 0) is 44.4 Å². The van der Waals surface area contributed by atoms with E-state index in [-0.39, 0.29) is 22.7 Å². The van der Waals surface area contributed by atoms with E-state index in [4.69, 9.17) is 11.6 Å². The average molecular weight is 362 g/mol. The Morgan fingerprint density at radius 2 is 2.17 bits per heavy atom. The molecule has 0 spiro atoms. The third-order valence-electron chi connectivity index (χ3n) is 4.50. The number of rotatable bonds is 4. The molecule has 0 radical (unpaired) electrons. The molecule has 2 heterocycles. The summed E-state index contributed by atoms with van der Waals surface area (Å²) in [5.74, 6) is 0. The first kappa shape index (κ1) is 17.5. The summed E-state index contributed by atoms with van der Waals surface area (Å²) in [4.78, 5) is 4.04. The van der Waals surface area contributed by atoms with Crippen molar-refractivity contribution in [1.29, 1.82) is 0 Å². The summed E-state index contributed by atoms with van der Waals surface area (Å²) in [5.41, 5.74) is -0.107. The van der Waals surface area contributed by atoms with Crippen LogP contribution in [-0.4, -0.2) is 33.3 Å². The van der Waals surface area contributed by atoms with Crippen LogP contribution in [-0.2, 0) is 12.7 Å². The molecule has 8 heteroatoms. The SMILES string of the molecule is O[C@H]1CCCN[C@@H]1CCCn1cnc2c(Cl)c(C(F)(F)F)ccc21. The van der Waals surface area contributed by atoms with Crippen molar-refractivity contribution in [3.63, 3.8) is 0 Å². The van der Waals surface area contributed by atoms with E-state index < -0.39 is 11.7 Å². The molecule has 0 unspecified atom stereocenters. The van der Waals surface area contributed by atoms with Crippen LogP contribution < -0.4 is 5.32 Å². The summed E-state index contributed by atoms with van der Waals surface area (Å²) >= 11 is 5.88. The fourth-order valence-corrected chi connectivity index (χ4v) is 3.52. The lowest BCUT2D eigenvalue weighted by Crippen LogP contribution is -2.44. The fraction of sp³-hybridized carbons (Fsp3) is 0.562. The van der Waals surface area contributed by atoms with Crippen molar-refractivity contribution < 1.29 is 18.3 Å². The van der Waals surface area contributed by atoms with Crippen molar-refractivity contribution in [3.05, 3.63) is 29.0 Å². The van der Waals surface area contributed by atoms with Gasteiger partial charge in [-0.1, -0.05) is 11.6 Å². The molecular formula is C16H19ClF3N3O. The highest BCUT2D eigenvalue weighted by molar-refractivity contribution is 6.35. The van der Waals surface area contributed by atoms with Gasteiger partial charge in [-0.25, -0.2) is 4.98 Å². The number of halogens is 4. The lowest BCUT2D eigenvalue weighted by atomic mass is 9.97. The zero-order valence-electron chi connectivity index (χ0n) is 13.0. The fourth-order valence-electron chi connectivity index (χ4n) is 3.21. The minimum absolute atomic E-state index is 0.0777. The molecule has 1 aromatic carbocycles. The molecule has 132 valence electrons. The number of fused-ring (bicyclic) bond motifs is 1. The summed E-state index contributed by atoms with van der Waals surface area (Å²) < 4.78 is 40.4. The molecule has 1 aliphatic rings. The number of aliphatic hydroxyl groups excluding tert-OH is 1. The van der Waals surface area contributed by atoms with Crippen molar-refractivity contribution >= 4 is 22.6 Å². The molecule has 1 fully saturated rings. The number of alkyl halides is 3. The molecule has 2 aromatic rings. The maximum Gasteiger partial charge on any atom is 0.417 e. The monoisotopic (exact) mass is 361 g/mol. The topological polar surface area (TPSA) is 50.1 Å². The van der Waals surface area contributed by atoms with Gasteiger partial charge in [0, 0.05) is 12.6 Å². The summed E-state index contributed by atoms with van der Waals surface area (Å²) in [6.07, 6.45) is 0.0700. The first-order valence-corrected chi connectivity index (χ1v) is 8.37. The molecule has 1 aliphatic heterocycles. The molecule has 24 heavy (non-hydrogen) atoms. The van der Waals surface area contributed by atoms with Gasteiger partial charge in [0.1, 0.15) is 5.52 Å². The summed E-state index contributed by atoms with van der Waals surface area (Å²) in [6.45, 7) is 1.52. The van der Waals surface area contributed by atoms with Crippen LogP contribution in [0.4, 0.5) is 13.2 Å². The number of imidazole rings is 1. The number of aliphatic hydroxyl groups is 1. The number of aromatic nitrogens is 2. The summed E-state index contributed by atoms with van der Waals surface area (Å²) in [7, 11) is 0. The van der Waals surface area contributed by atoms with Crippen molar-refractivity contribution in [2.75, 3.05) is 6.54 Å². The van der Waals surface area contributed by atoms with E-state index in [9.17, 15) is 18.3 Å². The summed E-state index contributed by atoms with van der Waals surface area (Å²) in [5, 5.41) is 12.9. The van der Waals surface area contributed by atoms with E-state index in [2.05, 4.69) is 10.3 Å². The van der Waals surface area contributed by atoms with Gasteiger partial charge >= 0.3 is 6.18 Å². The van der Waals surface area contributed by atoms with E-state index in [1.165, 1.54) is 12.4 Å². The van der Waals surface area contributed by atoms with Gasteiger partial charge in [-0.15, -0.1) is 0 Å². The maximum atomic E-state index is 12.9. The Morgan fingerprint density at radius 1 is 1.38 bits per heavy atom. The number of piperidine rings is 1. The zero-order valence-corrected chi connectivity index (χ0v) is 13.7. The van der Waals surface area contributed by atoms with Gasteiger partial charge < -0.3 is 15.0 Å². The Kier molecular flexibility index (Phi) is 5.03. The predicted octanol–water partition coefficient (Wildman–Crippen LogP) is 3.60. The quantitative estimate of drug-likeness (QED) is 0.874. The van der Waals surface area contributed by atoms with Crippen LogP contribution in [0.3, 0.4) is 0 Å². The Bertz CT molecular complexity index is 716. The zero-order chi connectivity index (χ0) is 17.3. The number of hydrogen-bond acceptors (Lipinski definition) is 3. The normalized spacial score (nSPS) is 22.2. The number of nitrogens with one attached hydrogen (secondary N) is 1. The molecule has 0 amide bonds. The van der Waals surface area contributed by atoms with E-state index in [0.717, 1.165) is 38.3 Å². The second-order valence-electron chi connectivity index (χ2n) is 6.14. The highest BCUT2D eigenvalue weighted by Crippen LogP contribution is 2.38. The van der Waals surface area contributed by atoms with E-state index in [1.54, 1.807) is 4.57 Å². The largest absolute Gasteiger partial charge is 0.417 e. The number of hydrogen-bond donors (Lipinski definition) is 2. The van der Waals surface area contributed by atoms with Crippen molar-refractivity contribution in [2.45, 2.75) is 50.6 Å². The van der Waals surface area contributed by atoms with Crippen molar-refractivity contribution in [3.8, 4) is 0 Å². The van der Waals surface area contributed by atoms with Gasteiger partial charge in [0.2, 0.25) is 0 Å². The maximum absolute atomic E-state index is 12.9. The molecule has 4 nitrogen and oxygen atoms in total. The van der Waals surface area contributed by atoms with Crippen LogP contribution in [0.15, 0.2) is 18.5 Å². The lowest BCUT2D eigenvalue weighted by molar-refractivity contribution is -0.137. The van der Waals surface area contributed by atoms with E-state index >= 15 is 0 Å². The Labute approximate surface area is 142 Å². The van der Waals surface area contributed by atoms with Gasteiger partial charge in [0.15, 0.2) is 0 Å². The third kappa shape index (κ3) is 3.53. The first-order chi connectivity index (χ1) is 11.4. The standard InChI is InChI=1S/C16H19ClF3N3O/c17-14-10(16(18,19)20)5-6-12-15(14)22-9-23(12)8-2-3-11-13(24)4-1-7-21-11/h5-6,9,11,13,21,24H,1-4,7-8H2/t11-,13+/m1/s1. The molecule has 0 saturated carbocycles. The van der Waals surface area contributed by atoms with Crippen LogP contribution in [0.2, 0.25) is 5.02 Å². The van der Waals surface area contributed by atoms with E-state index in [0.29, 0.717) is 12.1 Å². The predicted molar refractivity (Wildman–Crippen MR) is 86.0 cm³/mol. The van der Waals surface area contributed by atoms with Crippen LogP contribution in [0.25, 0.3) is 11.0 Å². The van der Waals surface area contributed by atoms with Crippen LogP contribution in [0, 0.1) is 0 Å². The molecule has 3 rings (SSSR count). The van der Waals surface area contributed by atoms with Gasteiger partial charge in [0.05, 0.1) is 28.5 Å². The summed E-state index contributed by atoms with van der Waals surface area (Å²) in [6, 6.07) is 2.48. The number of nitrogens with zero attached hydrogens (tertiary/aromatic N) is 2. The first-order valence-electron chi connectivity index (χ1n) is 8.00. The minimum Gasteiger partial charge on any atom is -0.392 e. The van der Waals surface area contributed by atoms with Gasteiger partial charge in [0.25, 0.3) is 0 Å². The Hall–Kier alpha value is -1.31. The smallest absolute Gasteiger partial charge is 0.392 e. The Balaban J connectivity index is 1.71. The highest BCUT2D eigenvalue weighted by Gasteiger charge is 2.34. The average Bonchev–Trinajstić information content (AvgIpc) is 2.92. The van der Waals surface area contributed by atoms with E-state index in [1.807, 2.05) is 0 Å². The second-order valence-corrected chi connectivity index (χ2v) is 6.52. The van der Waals surface area contributed by atoms with Crippen LogP contribution in [0.5, 0.6) is 0 Å². The van der Waals surface area contributed by atoms with Crippen molar-refractivity contribution in [1.82, 2.24) is 14.9 Å². The molecule has 0 aliphatic carbocycles. The Morgan fingerprint density at radius 3 is 2.88 bits per heavy atom. The minimum atomic E-state index is -4.49. The van der Waals surface area contributed by atoms with Crippen molar-refractivity contribution in [2.24, 2.45) is 0 Å². The molecule has 2 atom stereocenters. The lowest BCUT2D eigenvalue weighted by Gasteiger charge is -2.29. The highest BCUT2D eigenvalue weighted by atomic mass is 35.5. The number of aryl methyl sites for hydroxylation is 1. The van der Waals surface area contributed by atoms with Gasteiger partial charge in [-0.3, -0.25) is 0 Å². The van der Waals surface area contributed by atoms with Gasteiger partial charge in [-0.2, -0.15) is 13.2 Å². The van der Waals surface area contributed by atoms with Crippen LogP contribution in [0.1, 0.15) is 31.2 Å². The third-order valence-corrected chi connectivity index (χ3v) is 4.88. The molecule has 0 bridgehead atoms. The molecule has 2 N–H and O–H groups in total. The second kappa shape index (κ2) is 6.90. The molecule has 1 aromatic heterocycles.